The molecule has 1 aliphatic carbocycles. The fourth-order valence-corrected chi connectivity index (χ4v) is 4.89. The van der Waals surface area contributed by atoms with Crippen LogP contribution in [-0.2, 0) is 4.79 Å². The van der Waals surface area contributed by atoms with Crippen LogP contribution in [0.3, 0.4) is 0 Å². The Balaban J connectivity index is 1.82. The zero-order chi connectivity index (χ0) is 22.1. The number of hydrogen-bond donors (Lipinski definition) is 2. The van der Waals surface area contributed by atoms with Crippen LogP contribution in [0.2, 0.25) is 0 Å². The fourth-order valence-electron chi connectivity index (χ4n) is 4.89. The molecule has 6 nitrogen and oxygen atoms in total. The molecular formula is C23H22F2N4O2. The van der Waals surface area contributed by atoms with Crippen LogP contribution < -0.4 is 0 Å². The van der Waals surface area contributed by atoms with Gasteiger partial charge in [-0.3, -0.25) is 9.89 Å². The molecule has 0 aliphatic heterocycles. The van der Waals surface area contributed by atoms with Gasteiger partial charge in [0, 0.05) is 28.4 Å². The van der Waals surface area contributed by atoms with Crippen molar-refractivity contribution in [2.45, 2.75) is 45.4 Å². The summed E-state index contributed by atoms with van der Waals surface area (Å²) in [5, 5.41) is 17.3. The van der Waals surface area contributed by atoms with Crippen LogP contribution in [0.15, 0.2) is 30.5 Å². The number of rotatable bonds is 4. The lowest BCUT2D eigenvalue weighted by Crippen LogP contribution is -2.40. The van der Waals surface area contributed by atoms with Gasteiger partial charge in [0.2, 0.25) is 0 Å². The third kappa shape index (κ3) is 2.85. The Labute approximate surface area is 176 Å². The van der Waals surface area contributed by atoms with Crippen LogP contribution in [0.25, 0.3) is 27.8 Å². The third-order valence-electron chi connectivity index (χ3n) is 6.45. The molecule has 0 unspecified atom stereocenters. The molecule has 31 heavy (non-hydrogen) atoms. The van der Waals surface area contributed by atoms with E-state index in [0.717, 1.165) is 33.7 Å². The molecular weight excluding hydrogens is 402 g/mol. The number of benzene rings is 1. The Morgan fingerprint density at radius 2 is 2.00 bits per heavy atom. The summed E-state index contributed by atoms with van der Waals surface area (Å²) in [6.45, 7) is 5.84. The molecule has 4 aromatic rings. The standard InChI is InChI=1S/C23H22F2N4O2/c1-11(2)20-18(13-8-23(3,9-13)22(30)31)19-17(6-12-10-26-28-21(12)27-19)29(20)14-4-5-15(24)16(25)7-14/h4-7,10-11,13H,8-9H2,1-3H3,(H,30,31)(H,26,27,28)/t13-,23-. The molecule has 0 spiro atoms. The van der Waals surface area contributed by atoms with Crippen LogP contribution in [0.4, 0.5) is 8.78 Å². The maximum absolute atomic E-state index is 14.2. The number of aliphatic carboxylic acids is 1. The Bertz CT molecular complexity index is 1350. The van der Waals surface area contributed by atoms with E-state index in [-0.39, 0.29) is 11.8 Å². The van der Waals surface area contributed by atoms with Gasteiger partial charge in [-0.1, -0.05) is 13.8 Å². The van der Waals surface area contributed by atoms with Gasteiger partial charge in [0.15, 0.2) is 17.3 Å². The van der Waals surface area contributed by atoms with E-state index in [0.29, 0.717) is 24.2 Å². The van der Waals surface area contributed by atoms with Gasteiger partial charge in [0.05, 0.1) is 22.6 Å². The number of nitrogens with zero attached hydrogens (tertiary/aromatic N) is 3. The Hall–Kier alpha value is -3.29. The van der Waals surface area contributed by atoms with Crippen molar-refractivity contribution in [3.8, 4) is 5.69 Å². The van der Waals surface area contributed by atoms with Crippen LogP contribution in [0.1, 0.15) is 56.7 Å². The highest BCUT2D eigenvalue weighted by Gasteiger charge is 2.49. The summed E-state index contributed by atoms with van der Waals surface area (Å²) >= 11 is 0. The summed E-state index contributed by atoms with van der Waals surface area (Å²) in [7, 11) is 0. The molecule has 2 N–H and O–H groups in total. The predicted octanol–water partition coefficient (Wildman–Crippen LogP) is 5.27. The molecule has 0 bridgehead atoms. The van der Waals surface area contributed by atoms with Gasteiger partial charge in [-0.2, -0.15) is 5.10 Å². The predicted molar refractivity (Wildman–Crippen MR) is 112 cm³/mol. The average Bonchev–Trinajstić information content (AvgIpc) is 3.27. The lowest BCUT2D eigenvalue weighted by molar-refractivity contribution is -0.154. The fraction of sp³-hybridized carbons (Fsp3) is 0.348. The highest BCUT2D eigenvalue weighted by atomic mass is 19.2. The van der Waals surface area contributed by atoms with Crippen molar-refractivity contribution in [3.63, 3.8) is 0 Å². The molecule has 0 atom stereocenters. The van der Waals surface area contributed by atoms with Crippen LogP contribution >= 0.6 is 0 Å². The number of hydrogen-bond acceptors (Lipinski definition) is 3. The number of fused-ring (bicyclic) bond motifs is 2. The minimum atomic E-state index is -0.921. The highest BCUT2D eigenvalue weighted by Crippen LogP contribution is 2.54. The molecule has 1 aromatic carbocycles. The number of H-pyrrole nitrogens is 1. The molecule has 0 saturated heterocycles. The van der Waals surface area contributed by atoms with Crippen molar-refractivity contribution >= 4 is 28.0 Å². The van der Waals surface area contributed by atoms with E-state index in [4.69, 9.17) is 4.98 Å². The highest BCUT2D eigenvalue weighted by molar-refractivity contribution is 5.94. The molecule has 160 valence electrons. The average molecular weight is 424 g/mol. The molecule has 1 fully saturated rings. The summed E-state index contributed by atoms with van der Waals surface area (Å²) in [6.07, 6.45) is 2.67. The number of aromatic nitrogens is 4. The lowest BCUT2D eigenvalue weighted by atomic mass is 9.60. The summed E-state index contributed by atoms with van der Waals surface area (Å²) in [4.78, 5) is 16.5. The van der Waals surface area contributed by atoms with E-state index in [9.17, 15) is 18.7 Å². The topological polar surface area (TPSA) is 83.8 Å². The number of nitrogens with one attached hydrogen (secondary N) is 1. The van der Waals surface area contributed by atoms with Crippen molar-refractivity contribution in [2.75, 3.05) is 0 Å². The van der Waals surface area contributed by atoms with E-state index in [1.165, 1.54) is 6.07 Å². The number of halogens is 2. The molecule has 3 heterocycles. The van der Waals surface area contributed by atoms with E-state index < -0.39 is 23.0 Å². The van der Waals surface area contributed by atoms with Gasteiger partial charge >= 0.3 is 5.97 Å². The number of carboxylic acids is 1. The second kappa shape index (κ2) is 6.60. The van der Waals surface area contributed by atoms with Crippen molar-refractivity contribution < 1.29 is 18.7 Å². The first-order valence-corrected chi connectivity index (χ1v) is 10.3. The maximum Gasteiger partial charge on any atom is 0.309 e. The summed E-state index contributed by atoms with van der Waals surface area (Å²) in [5.41, 5.74) is 3.78. The zero-order valence-corrected chi connectivity index (χ0v) is 17.4. The molecule has 3 aromatic heterocycles. The van der Waals surface area contributed by atoms with Crippen molar-refractivity contribution in [3.05, 3.63) is 53.4 Å². The summed E-state index contributed by atoms with van der Waals surface area (Å²) < 4.78 is 29.7. The van der Waals surface area contributed by atoms with Gasteiger partial charge in [0.25, 0.3) is 0 Å². The number of pyridine rings is 1. The van der Waals surface area contributed by atoms with Crippen LogP contribution in [-0.4, -0.2) is 30.8 Å². The van der Waals surface area contributed by atoms with Crippen molar-refractivity contribution in [2.24, 2.45) is 5.41 Å². The second-order valence-electron chi connectivity index (χ2n) is 9.02. The van der Waals surface area contributed by atoms with E-state index in [2.05, 4.69) is 10.2 Å². The molecule has 5 rings (SSSR count). The molecule has 8 heteroatoms. The number of aromatic amines is 1. The number of carbonyl (C=O) groups is 1. The molecule has 0 radical (unpaired) electrons. The quantitative estimate of drug-likeness (QED) is 0.467. The van der Waals surface area contributed by atoms with Gasteiger partial charge in [-0.25, -0.2) is 13.8 Å². The van der Waals surface area contributed by atoms with Gasteiger partial charge in [-0.15, -0.1) is 0 Å². The lowest BCUT2D eigenvalue weighted by Gasteiger charge is -2.42. The van der Waals surface area contributed by atoms with Crippen molar-refractivity contribution in [1.29, 1.82) is 0 Å². The SMILES string of the molecule is CC(C)c1c([C@H]2C[C@](C)(C(=O)O)C2)c2nc3[nH]ncc3cc2n1-c1ccc(F)c(F)c1. The maximum atomic E-state index is 14.2. The van der Waals surface area contributed by atoms with Gasteiger partial charge in [0.1, 0.15) is 0 Å². The molecule has 0 amide bonds. The Morgan fingerprint density at radius 1 is 1.26 bits per heavy atom. The zero-order valence-electron chi connectivity index (χ0n) is 17.4. The smallest absolute Gasteiger partial charge is 0.309 e. The Morgan fingerprint density at radius 3 is 2.65 bits per heavy atom. The second-order valence-corrected chi connectivity index (χ2v) is 9.02. The largest absolute Gasteiger partial charge is 0.481 e. The van der Waals surface area contributed by atoms with E-state index in [1.54, 1.807) is 19.2 Å². The number of carboxylic acid groups (broad SMARTS) is 1. The van der Waals surface area contributed by atoms with Crippen molar-refractivity contribution in [1.82, 2.24) is 19.7 Å². The summed E-state index contributed by atoms with van der Waals surface area (Å²) in [5.74, 6) is -2.57. The third-order valence-corrected chi connectivity index (χ3v) is 6.45. The van der Waals surface area contributed by atoms with E-state index in [1.807, 2.05) is 24.5 Å². The molecule has 1 saturated carbocycles. The van der Waals surface area contributed by atoms with Gasteiger partial charge in [-0.05, 0) is 49.8 Å². The minimum Gasteiger partial charge on any atom is -0.481 e. The van der Waals surface area contributed by atoms with E-state index >= 15 is 0 Å². The first-order chi connectivity index (χ1) is 14.7. The first kappa shape index (κ1) is 19.7. The normalized spacial score (nSPS) is 21.2. The summed E-state index contributed by atoms with van der Waals surface area (Å²) in [6, 6.07) is 5.79. The monoisotopic (exact) mass is 424 g/mol. The van der Waals surface area contributed by atoms with Gasteiger partial charge < -0.3 is 9.67 Å². The molecule has 1 aliphatic rings. The minimum absolute atomic E-state index is 0.0143. The van der Waals surface area contributed by atoms with Crippen LogP contribution in [0.5, 0.6) is 0 Å². The van der Waals surface area contributed by atoms with Crippen LogP contribution in [0, 0.1) is 17.0 Å². The Kier molecular flexibility index (Phi) is 4.19. The first-order valence-electron chi connectivity index (χ1n) is 10.3.